The zero-order valence-corrected chi connectivity index (χ0v) is 22.5. The first-order chi connectivity index (χ1) is 15.7. The SMILES string of the molecule is CCN(CC)S(=O)(=O)c1ccc(C(=O)N(CCN(C)C)c2nc3cc(OC)ccc3s2)cc1.Cl. The van der Waals surface area contributed by atoms with Crippen LogP contribution in [0.15, 0.2) is 47.4 Å². The number of nitrogens with zero attached hydrogens (tertiary/aromatic N) is 4. The van der Waals surface area contributed by atoms with E-state index in [1.807, 2.05) is 37.2 Å². The number of benzene rings is 2. The van der Waals surface area contributed by atoms with Crippen LogP contribution in [-0.2, 0) is 10.0 Å². The second-order valence-corrected chi connectivity index (χ2v) is 10.7. The summed E-state index contributed by atoms with van der Waals surface area (Å²) >= 11 is 1.43. The van der Waals surface area contributed by atoms with Crippen LogP contribution >= 0.6 is 23.7 Å². The summed E-state index contributed by atoms with van der Waals surface area (Å²) in [5.74, 6) is 0.477. The maximum absolute atomic E-state index is 13.5. The number of amides is 1. The van der Waals surface area contributed by atoms with Gasteiger partial charge in [0.25, 0.3) is 5.91 Å². The van der Waals surface area contributed by atoms with E-state index in [-0.39, 0.29) is 23.2 Å². The molecule has 1 aromatic heterocycles. The highest BCUT2D eigenvalue weighted by molar-refractivity contribution is 7.89. The number of aromatic nitrogens is 1. The van der Waals surface area contributed by atoms with E-state index in [2.05, 4.69) is 4.98 Å². The summed E-state index contributed by atoms with van der Waals surface area (Å²) in [5.41, 5.74) is 1.17. The van der Waals surface area contributed by atoms with Crippen LogP contribution < -0.4 is 9.64 Å². The molecule has 3 aromatic rings. The molecule has 0 aliphatic rings. The molecule has 2 aromatic carbocycles. The second-order valence-electron chi connectivity index (χ2n) is 7.70. The Kier molecular flexibility index (Phi) is 9.84. The van der Waals surface area contributed by atoms with Gasteiger partial charge in [-0.15, -0.1) is 12.4 Å². The smallest absolute Gasteiger partial charge is 0.260 e. The van der Waals surface area contributed by atoms with Gasteiger partial charge in [-0.1, -0.05) is 25.2 Å². The third kappa shape index (κ3) is 6.05. The van der Waals surface area contributed by atoms with Crippen LogP contribution in [0.4, 0.5) is 5.13 Å². The molecule has 11 heteroatoms. The molecule has 0 fully saturated rings. The van der Waals surface area contributed by atoms with Crippen molar-refractivity contribution < 1.29 is 17.9 Å². The maximum atomic E-state index is 13.5. The number of methoxy groups -OCH3 is 1. The third-order valence-corrected chi connectivity index (χ3v) is 8.40. The Morgan fingerprint density at radius 3 is 2.24 bits per heavy atom. The van der Waals surface area contributed by atoms with Crippen LogP contribution in [0.25, 0.3) is 10.2 Å². The number of sulfonamides is 1. The van der Waals surface area contributed by atoms with Gasteiger partial charge in [0.2, 0.25) is 10.0 Å². The first-order valence-electron chi connectivity index (χ1n) is 10.7. The highest BCUT2D eigenvalue weighted by Gasteiger charge is 2.24. The number of thiazole rings is 1. The fourth-order valence-electron chi connectivity index (χ4n) is 3.36. The Hall–Kier alpha value is -2.24. The Labute approximate surface area is 211 Å². The number of rotatable bonds is 10. The normalized spacial score (nSPS) is 11.6. The first kappa shape index (κ1) is 28.0. The van der Waals surface area contributed by atoms with E-state index in [1.54, 1.807) is 38.0 Å². The Morgan fingerprint density at radius 1 is 1.03 bits per heavy atom. The van der Waals surface area contributed by atoms with Crippen LogP contribution in [0, 0.1) is 0 Å². The molecule has 0 saturated carbocycles. The lowest BCUT2D eigenvalue weighted by molar-refractivity contribution is 0.0985. The van der Waals surface area contributed by atoms with Crippen molar-refractivity contribution in [1.29, 1.82) is 0 Å². The minimum Gasteiger partial charge on any atom is -0.497 e. The molecule has 1 amide bonds. The fraction of sp³-hybridized carbons (Fsp3) is 0.391. The van der Waals surface area contributed by atoms with Gasteiger partial charge >= 0.3 is 0 Å². The number of hydrogen-bond acceptors (Lipinski definition) is 7. The molecule has 0 aliphatic heterocycles. The zero-order valence-electron chi connectivity index (χ0n) is 20.0. The molecule has 8 nitrogen and oxygen atoms in total. The average molecular weight is 527 g/mol. The van der Waals surface area contributed by atoms with Crippen LogP contribution in [0.5, 0.6) is 5.75 Å². The van der Waals surface area contributed by atoms with Gasteiger partial charge in [-0.25, -0.2) is 13.4 Å². The van der Waals surface area contributed by atoms with E-state index in [0.717, 1.165) is 10.2 Å². The molecule has 0 atom stereocenters. The van der Waals surface area contributed by atoms with Gasteiger partial charge in [-0.05, 0) is 50.5 Å². The predicted octanol–water partition coefficient (Wildman–Crippen LogP) is 3.97. The molecule has 34 heavy (non-hydrogen) atoms. The van der Waals surface area contributed by atoms with Gasteiger partial charge < -0.3 is 9.64 Å². The standard InChI is InChI=1S/C23H30N4O4S2.ClH/c1-6-26(7-2)33(29,30)19-11-8-17(9-12-19)22(28)27(15-14-25(3)4)23-24-20-16-18(31-5)10-13-21(20)32-23;/h8-13,16H,6-7,14-15H2,1-5H3;1H. The van der Waals surface area contributed by atoms with Crippen molar-refractivity contribution in [2.24, 2.45) is 0 Å². The monoisotopic (exact) mass is 526 g/mol. The molecular formula is C23H31ClN4O4S2. The number of ether oxygens (including phenoxy) is 1. The van der Waals surface area contributed by atoms with Gasteiger partial charge in [0.15, 0.2) is 5.13 Å². The number of carbonyl (C=O) groups excluding carboxylic acids is 1. The van der Waals surface area contributed by atoms with E-state index in [1.165, 1.54) is 27.8 Å². The number of halogens is 1. The summed E-state index contributed by atoms with van der Waals surface area (Å²) in [5, 5.41) is 0.588. The first-order valence-corrected chi connectivity index (χ1v) is 13.0. The zero-order chi connectivity index (χ0) is 24.2. The molecule has 0 saturated heterocycles. The van der Waals surface area contributed by atoms with Crippen molar-refractivity contribution in [3.63, 3.8) is 0 Å². The summed E-state index contributed by atoms with van der Waals surface area (Å²) in [6.07, 6.45) is 0. The Balaban J connectivity index is 0.00000408. The quantitative estimate of drug-likeness (QED) is 0.397. The van der Waals surface area contributed by atoms with Gasteiger partial charge in [0.1, 0.15) is 5.75 Å². The number of fused-ring (bicyclic) bond motifs is 1. The molecule has 0 spiro atoms. The minimum absolute atomic E-state index is 0. The van der Waals surface area contributed by atoms with E-state index in [0.29, 0.717) is 42.6 Å². The molecule has 3 rings (SSSR count). The molecule has 1 heterocycles. The van der Waals surface area contributed by atoms with Crippen molar-refractivity contribution in [2.75, 3.05) is 52.3 Å². The number of hydrogen-bond donors (Lipinski definition) is 0. The van der Waals surface area contributed by atoms with Crippen molar-refractivity contribution >= 4 is 55.0 Å². The van der Waals surface area contributed by atoms with Crippen LogP contribution in [-0.4, -0.2) is 75.9 Å². The van der Waals surface area contributed by atoms with Crippen molar-refractivity contribution in [2.45, 2.75) is 18.7 Å². The fourth-order valence-corrected chi connectivity index (χ4v) is 5.79. The van der Waals surface area contributed by atoms with Crippen LogP contribution in [0.2, 0.25) is 0 Å². The number of likely N-dealkylation sites (N-methyl/N-ethyl adjacent to an activating group) is 1. The summed E-state index contributed by atoms with van der Waals surface area (Å²) in [4.78, 5) is 21.9. The molecule has 0 N–H and O–H groups in total. The van der Waals surface area contributed by atoms with E-state index < -0.39 is 10.0 Å². The van der Waals surface area contributed by atoms with Crippen LogP contribution in [0.3, 0.4) is 0 Å². The molecule has 0 radical (unpaired) electrons. The van der Waals surface area contributed by atoms with Gasteiger partial charge in [-0.3, -0.25) is 9.69 Å². The highest BCUT2D eigenvalue weighted by atomic mass is 35.5. The van der Waals surface area contributed by atoms with Crippen molar-refractivity contribution in [3.8, 4) is 5.75 Å². The molecule has 0 aliphatic carbocycles. The summed E-state index contributed by atoms with van der Waals surface area (Å²) in [6.45, 7) is 5.48. The van der Waals surface area contributed by atoms with Gasteiger partial charge in [0.05, 0.1) is 22.2 Å². The maximum Gasteiger partial charge on any atom is 0.260 e. The number of anilines is 1. The third-order valence-electron chi connectivity index (χ3n) is 5.27. The highest BCUT2D eigenvalue weighted by Crippen LogP contribution is 2.32. The predicted molar refractivity (Wildman–Crippen MR) is 140 cm³/mol. The minimum atomic E-state index is -3.58. The lowest BCUT2D eigenvalue weighted by atomic mass is 10.2. The second kappa shape index (κ2) is 11.9. The largest absolute Gasteiger partial charge is 0.497 e. The van der Waals surface area contributed by atoms with Crippen LogP contribution in [0.1, 0.15) is 24.2 Å². The lowest BCUT2D eigenvalue weighted by Gasteiger charge is -2.22. The topological polar surface area (TPSA) is 83.1 Å². The molecule has 186 valence electrons. The van der Waals surface area contributed by atoms with Crippen molar-refractivity contribution in [3.05, 3.63) is 48.0 Å². The van der Waals surface area contributed by atoms with Crippen molar-refractivity contribution in [1.82, 2.24) is 14.2 Å². The van der Waals surface area contributed by atoms with E-state index in [9.17, 15) is 13.2 Å². The number of carbonyl (C=O) groups is 1. The van der Waals surface area contributed by atoms with Gasteiger partial charge in [-0.2, -0.15) is 4.31 Å². The Bertz CT molecular complexity index is 1210. The summed E-state index contributed by atoms with van der Waals surface area (Å²) in [7, 11) is 1.91. The molecule has 0 bridgehead atoms. The van der Waals surface area contributed by atoms with E-state index >= 15 is 0 Å². The summed E-state index contributed by atoms with van der Waals surface area (Å²) < 4.78 is 33.2. The van der Waals surface area contributed by atoms with Gasteiger partial charge in [0, 0.05) is 37.8 Å². The van der Waals surface area contributed by atoms with E-state index in [4.69, 9.17) is 4.74 Å². The average Bonchev–Trinajstić information content (AvgIpc) is 3.22. The Morgan fingerprint density at radius 2 is 1.68 bits per heavy atom. The summed E-state index contributed by atoms with van der Waals surface area (Å²) in [6, 6.07) is 11.8. The molecule has 0 unspecified atom stereocenters. The lowest BCUT2D eigenvalue weighted by Crippen LogP contribution is -2.36. The molecular weight excluding hydrogens is 496 g/mol.